The number of nitrogens with zero attached hydrogens (tertiary/aromatic N) is 2. The van der Waals surface area contributed by atoms with Gasteiger partial charge in [-0.3, -0.25) is 14.2 Å². The Kier molecular flexibility index (Phi) is 6.01. The predicted molar refractivity (Wildman–Crippen MR) is 123 cm³/mol. The third-order valence-electron chi connectivity index (χ3n) is 4.85. The third kappa shape index (κ3) is 4.17. The van der Waals surface area contributed by atoms with Crippen molar-refractivity contribution in [3.8, 4) is 0 Å². The number of carbonyl (C=O) groups is 1. The highest BCUT2D eigenvalue weighted by atomic mass is 32.2. The molecule has 0 aliphatic heterocycles. The van der Waals surface area contributed by atoms with Crippen LogP contribution in [0.25, 0.3) is 10.2 Å². The van der Waals surface area contributed by atoms with Gasteiger partial charge in [0.2, 0.25) is 5.91 Å². The van der Waals surface area contributed by atoms with Gasteiger partial charge in [0, 0.05) is 7.05 Å². The Morgan fingerprint density at radius 2 is 1.63 bits per heavy atom. The molecule has 4 rings (SSSR count). The number of rotatable bonds is 6. The first-order valence-electron chi connectivity index (χ1n) is 9.55. The van der Waals surface area contributed by atoms with Gasteiger partial charge in [-0.2, -0.15) is 0 Å². The molecule has 0 radical (unpaired) electrons. The van der Waals surface area contributed by atoms with E-state index in [2.05, 4.69) is 10.3 Å². The minimum absolute atomic E-state index is 0.0865. The first-order chi connectivity index (χ1) is 14.5. The number of hydrogen-bond donors (Lipinski definition) is 1. The van der Waals surface area contributed by atoms with Crippen LogP contribution in [0.2, 0.25) is 0 Å². The Morgan fingerprint density at radius 1 is 1.03 bits per heavy atom. The first-order valence-corrected chi connectivity index (χ1v) is 11.3. The van der Waals surface area contributed by atoms with E-state index in [9.17, 15) is 9.59 Å². The van der Waals surface area contributed by atoms with E-state index in [1.165, 1.54) is 27.7 Å². The fourth-order valence-corrected chi connectivity index (χ4v) is 4.88. The summed E-state index contributed by atoms with van der Waals surface area (Å²) in [6.45, 7) is 1.83. The second-order valence-electron chi connectivity index (χ2n) is 6.92. The molecule has 4 aromatic rings. The normalized spacial score (nSPS) is 12.2. The van der Waals surface area contributed by atoms with Crippen LogP contribution >= 0.6 is 23.1 Å². The van der Waals surface area contributed by atoms with Gasteiger partial charge >= 0.3 is 0 Å². The molecule has 0 bridgehead atoms. The van der Waals surface area contributed by atoms with Gasteiger partial charge < -0.3 is 5.32 Å². The number of fused-ring (bicyclic) bond motifs is 1. The molecule has 0 aliphatic rings. The molecular weight excluding hydrogens is 414 g/mol. The molecule has 0 saturated carbocycles. The average Bonchev–Trinajstić information content (AvgIpc) is 3.25. The molecule has 2 aromatic heterocycles. The van der Waals surface area contributed by atoms with E-state index in [0.717, 1.165) is 11.1 Å². The average molecular weight is 436 g/mol. The molecule has 2 heterocycles. The summed E-state index contributed by atoms with van der Waals surface area (Å²) in [6, 6.07) is 21.4. The molecule has 1 amide bonds. The third-order valence-corrected chi connectivity index (χ3v) is 6.89. The van der Waals surface area contributed by atoms with Crippen molar-refractivity contribution in [2.75, 3.05) is 0 Å². The van der Waals surface area contributed by atoms with Crippen LogP contribution < -0.4 is 10.9 Å². The Morgan fingerprint density at radius 3 is 2.23 bits per heavy atom. The van der Waals surface area contributed by atoms with Crippen molar-refractivity contribution in [3.05, 3.63) is 93.6 Å². The lowest BCUT2D eigenvalue weighted by molar-refractivity contribution is -0.120. The molecule has 0 fully saturated rings. The first kappa shape index (κ1) is 20.4. The maximum Gasteiger partial charge on any atom is 0.271 e. The van der Waals surface area contributed by atoms with Crippen LogP contribution in [0.1, 0.15) is 24.1 Å². The van der Waals surface area contributed by atoms with Crippen LogP contribution in [-0.2, 0) is 11.8 Å². The molecule has 0 saturated heterocycles. The zero-order valence-corrected chi connectivity index (χ0v) is 18.2. The number of benzene rings is 2. The molecule has 30 heavy (non-hydrogen) atoms. The Bertz CT molecular complexity index is 1180. The zero-order valence-electron chi connectivity index (χ0n) is 16.6. The molecule has 1 atom stereocenters. The maximum absolute atomic E-state index is 13.1. The van der Waals surface area contributed by atoms with Crippen LogP contribution in [0.3, 0.4) is 0 Å². The van der Waals surface area contributed by atoms with E-state index in [1.807, 2.05) is 79.0 Å². The van der Waals surface area contributed by atoms with Crippen LogP contribution in [0.4, 0.5) is 0 Å². The minimum Gasteiger partial charge on any atom is -0.344 e. The van der Waals surface area contributed by atoms with E-state index < -0.39 is 5.25 Å². The summed E-state index contributed by atoms with van der Waals surface area (Å²) < 4.78 is 2.14. The van der Waals surface area contributed by atoms with Crippen molar-refractivity contribution in [2.45, 2.75) is 23.4 Å². The molecule has 2 aromatic carbocycles. The van der Waals surface area contributed by atoms with Gasteiger partial charge in [-0.1, -0.05) is 72.4 Å². The van der Waals surface area contributed by atoms with Crippen LogP contribution in [0.15, 0.2) is 82.1 Å². The second kappa shape index (κ2) is 8.85. The lowest BCUT2D eigenvalue weighted by Crippen LogP contribution is -2.35. The molecular formula is C23H21N3O2S2. The van der Waals surface area contributed by atoms with E-state index in [-0.39, 0.29) is 17.5 Å². The summed E-state index contributed by atoms with van der Waals surface area (Å²) in [5.41, 5.74) is 2.61. The second-order valence-corrected chi connectivity index (χ2v) is 9.14. The standard InChI is InChI=1S/C23H21N3O2S2/c1-15(30-23-24-18-13-14-29-20(18)22(28)26(23)2)21(27)25-19(16-9-5-3-6-10-16)17-11-7-4-8-12-17/h3-15,19H,1-2H3,(H,25,27). The number of thiophene rings is 1. The van der Waals surface area contributed by atoms with Gasteiger partial charge in [0.05, 0.1) is 16.8 Å². The number of amides is 1. The topological polar surface area (TPSA) is 64.0 Å². The smallest absolute Gasteiger partial charge is 0.271 e. The van der Waals surface area contributed by atoms with Gasteiger partial charge in [0.1, 0.15) is 4.70 Å². The number of carbonyl (C=O) groups excluding carboxylic acids is 1. The molecule has 0 spiro atoms. The van der Waals surface area contributed by atoms with Crippen LogP contribution in [0, 0.1) is 0 Å². The van der Waals surface area contributed by atoms with Crippen LogP contribution in [0.5, 0.6) is 0 Å². The summed E-state index contributed by atoms with van der Waals surface area (Å²) in [4.78, 5) is 30.2. The van der Waals surface area contributed by atoms with Gasteiger partial charge in [-0.15, -0.1) is 11.3 Å². The van der Waals surface area contributed by atoms with Crippen molar-refractivity contribution in [3.63, 3.8) is 0 Å². The van der Waals surface area contributed by atoms with Crippen molar-refractivity contribution >= 4 is 39.2 Å². The van der Waals surface area contributed by atoms with Crippen molar-refractivity contribution in [1.82, 2.24) is 14.9 Å². The lowest BCUT2D eigenvalue weighted by Gasteiger charge is -2.22. The number of nitrogens with one attached hydrogen (secondary N) is 1. The molecule has 5 nitrogen and oxygen atoms in total. The predicted octanol–water partition coefficient (Wildman–Crippen LogP) is 4.38. The molecule has 7 heteroatoms. The summed E-state index contributed by atoms with van der Waals surface area (Å²) >= 11 is 2.67. The minimum atomic E-state index is -0.422. The zero-order chi connectivity index (χ0) is 21.1. The van der Waals surface area contributed by atoms with E-state index in [4.69, 9.17) is 0 Å². The van der Waals surface area contributed by atoms with Crippen LogP contribution in [-0.4, -0.2) is 20.7 Å². The summed E-state index contributed by atoms with van der Waals surface area (Å²) in [5.74, 6) is -0.114. The van der Waals surface area contributed by atoms with Crippen molar-refractivity contribution in [2.24, 2.45) is 7.05 Å². The number of aromatic nitrogens is 2. The fourth-order valence-electron chi connectivity index (χ4n) is 3.19. The number of thioether (sulfide) groups is 1. The maximum atomic E-state index is 13.1. The van der Waals surface area contributed by atoms with E-state index >= 15 is 0 Å². The largest absolute Gasteiger partial charge is 0.344 e. The molecule has 1 unspecified atom stereocenters. The van der Waals surface area contributed by atoms with Gasteiger partial charge in [0.25, 0.3) is 5.56 Å². The lowest BCUT2D eigenvalue weighted by atomic mass is 9.98. The summed E-state index contributed by atoms with van der Waals surface area (Å²) in [5, 5.41) is 5.13. The van der Waals surface area contributed by atoms with Crippen molar-refractivity contribution < 1.29 is 4.79 Å². The summed E-state index contributed by atoms with van der Waals surface area (Å²) in [7, 11) is 1.69. The Balaban J connectivity index is 1.57. The Hall–Kier alpha value is -2.90. The monoisotopic (exact) mass is 435 g/mol. The van der Waals surface area contributed by atoms with Crippen molar-refractivity contribution in [1.29, 1.82) is 0 Å². The van der Waals surface area contributed by atoms with Gasteiger partial charge in [-0.05, 0) is 29.5 Å². The van der Waals surface area contributed by atoms with E-state index in [1.54, 1.807) is 7.05 Å². The summed E-state index contributed by atoms with van der Waals surface area (Å²) in [6.07, 6.45) is 0. The molecule has 0 aliphatic carbocycles. The SMILES string of the molecule is CC(Sc1nc2ccsc2c(=O)n1C)C(=O)NC(c1ccccc1)c1ccccc1. The highest BCUT2D eigenvalue weighted by Crippen LogP contribution is 2.26. The highest BCUT2D eigenvalue weighted by Gasteiger charge is 2.23. The fraction of sp³-hybridized carbons (Fsp3) is 0.174. The Labute approximate surface area is 182 Å². The quantitative estimate of drug-likeness (QED) is 0.361. The molecule has 152 valence electrons. The van der Waals surface area contributed by atoms with Gasteiger partial charge in [0.15, 0.2) is 5.16 Å². The van der Waals surface area contributed by atoms with Gasteiger partial charge in [-0.25, -0.2) is 4.98 Å². The molecule has 1 N–H and O–H groups in total. The van der Waals surface area contributed by atoms with E-state index in [0.29, 0.717) is 15.4 Å². The highest BCUT2D eigenvalue weighted by molar-refractivity contribution is 8.00. The number of hydrogen-bond acceptors (Lipinski definition) is 5.